The molecule has 0 bridgehead atoms. The third kappa shape index (κ3) is 3.69. The average molecular weight is 281 g/mol. The number of hydrogen-bond acceptors (Lipinski definition) is 4. The molecule has 4 heteroatoms. The van der Waals surface area contributed by atoms with Gasteiger partial charge < -0.3 is 10.2 Å². The molecule has 2 heterocycles. The van der Waals surface area contributed by atoms with Gasteiger partial charge in [-0.1, -0.05) is 27.7 Å². The summed E-state index contributed by atoms with van der Waals surface area (Å²) in [6.45, 7) is 13.4. The SMILES string of the molecule is CCCNCc1sc(N2CCC(C)C2)nc1C(C)C. The third-order valence-electron chi connectivity index (χ3n) is 3.67. The highest BCUT2D eigenvalue weighted by molar-refractivity contribution is 7.15. The normalized spacial score (nSPS) is 19.6. The van der Waals surface area contributed by atoms with Gasteiger partial charge in [0.25, 0.3) is 0 Å². The second-order valence-corrected chi connectivity index (χ2v) is 7.04. The van der Waals surface area contributed by atoms with Crippen LogP contribution in [0.2, 0.25) is 0 Å². The number of hydrogen-bond donors (Lipinski definition) is 1. The van der Waals surface area contributed by atoms with E-state index in [4.69, 9.17) is 4.98 Å². The molecule has 1 aromatic rings. The van der Waals surface area contributed by atoms with Crippen molar-refractivity contribution in [2.24, 2.45) is 5.92 Å². The summed E-state index contributed by atoms with van der Waals surface area (Å²) >= 11 is 1.89. The summed E-state index contributed by atoms with van der Waals surface area (Å²) in [6.07, 6.45) is 2.49. The van der Waals surface area contributed by atoms with E-state index in [0.717, 1.165) is 19.0 Å². The summed E-state index contributed by atoms with van der Waals surface area (Å²) in [6, 6.07) is 0. The van der Waals surface area contributed by atoms with Gasteiger partial charge in [0.05, 0.1) is 5.69 Å². The van der Waals surface area contributed by atoms with Crippen molar-refractivity contribution >= 4 is 16.5 Å². The Morgan fingerprint density at radius 3 is 2.84 bits per heavy atom. The summed E-state index contributed by atoms with van der Waals surface area (Å²) in [4.78, 5) is 8.80. The first-order chi connectivity index (χ1) is 9.11. The highest BCUT2D eigenvalue weighted by Crippen LogP contribution is 2.33. The molecule has 2 rings (SSSR count). The predicted octanol–water partition coefficient (Wildman–Crippen LogP) is 3.61. The Kier molecular flexibility index (Phi) is 5.22. The maximum absolute atomic E-state index is 4.91. The van der Waals surface area contributed by atoms with Crippen LogP contribution in [0.25, 0.3) is 0 Å². The highest BCUT2D eigenvalue weighted by atomic mass is 32.1. The molecule has 1 saturated heterocycles. The predicted molar refractivity (Wildman–Crippen MR) is 84.2 cm³/mol. The van der Waals surface area contributed by atoms with Crippen LogP contribution in [0.1, 0.15) is 57.0 Å². The molecule has 1 unspecified atom stereocenters. The van der Waals surface area contributed by atoms with Gasteiger partial charge in [-0.2, -0.15) is 0 Å². The van der Waals surface area contributed by atoms with E-state index in [-0.39, 0.29) is 0 Å². The van der Waals surface area contributed by atoms with Crippen LogP contribution < -0.4 is 10.2 Å². The Hall–Kier alpha value is -0.610. The molecular weight excluding hydrogens is 254 g/mol. The molecular formula is C15H27N3S. The van der Waals surface area contributed by atoms with Crippen LogP contribution in [0.15, 0.2) is 0 Å². The summed E-state index contributed by atoms with van der Waals surface area (Å²) in [5.41, 5.74) is 1.29. The van der Waals surface area contributed by atoms with E-state index in [0.29, 0.717) is 5.92 Å². The van der Waals surface area contributed by atoms with Crippen molar-refractivity contribution in [3.8, 4) is 0 Å². The van der Waals surface area contributed by atoms with Crippen LogP contribution in [0, 0.1) is 5.92 Å². The Morgan fingerprint density at radius 1 is 1.47 bits per heavy atom. The fourth-order valence-corrected chi connectivity index (χ4v) is 3.77. The number of rotatable bonds is 6. The zero-order valence-corrected chi connectivity index (χ0v) is 13.5. The minimum Gasteiger partial charge on any atom is -0.348 e. The highest BCUT2D eigenvalue weighted by Gasteiger charge is 2.23. The second-order valence-electron chi connectivity index (χ2n) is 5.98. The molecule has 0 aliphatic carbocycles. The lowest BCUT2D eigenvalue weighted by Crippen LogP contribution is -2.18. The smallest absolute Gasteiger partial charge is 0.185 e. The van der Waals surface area contributed by atoms with Crippen molar-refractivity contribution in [1.82, 2.24) is 10.3 Å². The molecule has 0 amide bonds. The second kappa shape index (κ2) is 6.71. The van der Waals surface area contributed by atoms with E-state index < -0.39 is 0 Å². The number of nitrogens with zero attached hydrogens (tertiary/aromatic N) is 2. The van der Waals surface area contributed by atoms with E-state index in [1.807, 2.05) is 11.3 Å². The molecule has 1 fully saturated rings. The Bertz CT molecular complexity index is 400. The van der Waals surface area contributed by atoms with Crippen molar-refractivity contribution < 1.29 is 0 Å². The first kappa shape index (κ1) is 14.8. The third-order valence-corrected chi connectivity index (χ3v) is 4.80. The standard InChI is InChI=1S/C15H27N3S/c1-5-7-16-9-13-14(11(2)3)17-15(19-13)18-8-6-12(4)10-18/h11-12,16H,5-10H2,1-4H3. The fraction of sp³-hybridized carbons (Fsp3) is 0.800. The molecule has 1 N–H and O–H groups in total. The Balaban J connectivity index is 2.10. The quantitative estimate of drug-likeness (QED) is 0.807. The van der Waals surface area contributed by atoms with Gasteiger partial charge in [-0.3, -0.25) is 0 Å². The summed E-state index contributed by atoms with van der Waals surface area (Å²) < 4.78 is 0. The lowest BCUT2D eigenvalue weighted by molar-refractivity contribution is 0.659. The van der Waals surface area contributed by atoms with Crippen molar-refractivity contribution in [2.45, 2.75) is 53.0 Å². The topological polar surface area (TPSA) is 28.2 Å². The van der Waals surface area contributed by atoms with E-state index in [2.05, 4.69) is 37.9 Å². The van der Waals surface area contributed by atoms with Crippen LogP contribution in [-0.4, -0.2) is 24.6 Å². The summed E-state index contributed by atoms with van der Waals surface area (Å²) in [5.74, 6) is 1.33. The Labute approximate surface area is 121 Å². The average Bonchev–Trinajstić information content (AvgIpc) is 2.96. The molecule has 1 aromatic heterocycles. The number of thiazole rings is 1. The van der Waals surface area contributed by atoms with Crippen molar-refractivity contribution in [1.29, 1.82) is 0 Å². The molecule has 0 aromatic carbocycles. The fourth-order valence-electron chi connectivity index (χ4n) is 2.55. The molecule has 108 valence electrons. The molecule has 0 saturated carbocycles. The van der Waals surface area contributed by atoms with E-state index in [9.17, 15) is 0 Å². The molecule has 1 aliphatic rings. The molecule has 0 spiro atoms. The maximum atomic E-state index is 4.91. The van der Waals surface area contributed by atoms with Crippen LogP contribution in [0.5, 0.6) is 0 Å². The van der Waals surface area contributed by atoms with Crippen LogP contribution >= 0.6 is 11.3 Å². The molecule has 1 atom stereocenters. The van der Waals surface area contributed by atoms with E-state index in [1.54, 1.807) is 0 Å². The maximum Gasteiger partial charge on any atom is 0.185 e. The van der Waals surface area contributed by atoms with Crippen molar-refractivity contribution in [3.63, 3.8) is 0 Å². The zero-order valence-electron chi connectivity index (χ0n) is 12.7. The first-order valence-electron chi connectivity index (χ1n) is 7.57. The van der Waals surface area contributed by atoms with Crippen molar-refractivity contribution in [2.75, 3.05) is 24.5 Å². The minimum absolute atomic E-state index is 0.517. The zero-order chi connectivity index (χ0) is 13.8. The van der Waals surface area contributed by atoms with Crippen LogP contribution in [0.3, 0.4) is 0 Å². The van der Waals surface area contributed by atoms with Gasteiger partial charge in [-0.25, -0.2) is 4.98 Å². The minimum atomic E-state index is 0.517. The van der Waals surface area contributed by atoms with Crippen LogP contribution in [0.4, 0.5) is 5.13 Å². The van der Waals surface area contributed by atoms with Gasteiger partial charge in [-0.05, 0) is 31.2 Å². The van der Waals surface area contributed by atoms with Crippen molar-refractivity contribution in [3.05, 3.63) is 10.6 Å². The summed E-state index contributed by atoms with van der Waals surface area (Å²) in [5, 5.41) is 4.75. The van der Waals surface area contributed by atoms with Gasteiger partial charge in [0.1, 0.15) is 0 Å². The molecule has 3 nitrogen and oxygen atoms in total. The van der Waals surface area contributed by atoms with Gasteiger partial charge in [0, 0.05) is 24.5 Å². The van der Waals surface area contributed by atoms with Gasteiger partial charge in [0.2, 0.25) is 0 Å². The lowest BCUT2D eigenvalue weighted by Gasteiger charge is -2.13. The molecule has 19 heavy (non-hydrogen) atoms. The van der Waals surface area contributed by atoms with Gasteiger partial charge in [-0.15, -0.1) is 11.3 Å². The van der Waals surface area contributed by atoms with Gasteiger partial charge >= 0.3 is 0 Å². The largest absolute Gasteiger partial charge is 0.348 e. The number of aromatic nitrogens is 1. The van der Waals surface area contributed by atoms with E-state index in [1.165, 1.54) is 41.6 Å². The Morgan fingerprint density at radius 2 is 2.26 bits per heavy atom. The monoisotopic (exact) mass is 281 g/mol. The lowest BCUT2D eigenvalue weighted by atomic mass is 10.1. The number of anilines is 1. The number of nitrogens with one attached hydrogen (secondary N) is 1. The molecule has 1 aliphatic heterocycles. The summed E-state index contributed by atoms with van der Waals surface area (Å²) in [7, 11) is 0. The van der Waals surface area contributed by atoms with Crippen LogP contribution in [-0.2, 0) is 6.54 Å². The van der Waals surface area contributed by atoms with Gasteiger partial charge in [0.15, 0.2) is 5.13 Å². The van der Waals surface area contributed by atoms with E-state index >= 15 is 0 Å². The first-order valence-corrected chi connectivity index (χ1v) is 8.38. The molecule has 0 radical (unpaired) electrons.